The van der Waals surface area contributed by atoms with E-state index in [-0.39, 0.29) is 28.5 Å². The molecule has 3 aromatic rings. The molecule has 0 aliphatic heterocycles. The lowest BCUT2D eigenvalue weighted by Gasteiger charge is -2.02. The van der Waals surface area contributed by atoms with Crippen LogP contribution in [0.1, 0.15) is 27.0 Å². The number of aryl methyl sites for hydroxylation is 1. The van der Waals surface area contributed by atoms with Gasteiger partial charge in [0.1, 0.15) is 0 Å². The fourth-order valence-electron chi connectivity index (χ4n) is 2.68. The minimum absolute atomic E-state index is 0. The fraction of sp³-hybridized carbons (Fsp3) is 0.143. The predicted octanol–water partition coefficient (Wildman–Crippen LogP) is 0.668. The van der Waals surface area contributed by atoms with Gasteiger partial charge < -0.3 is 17.0 Å². The van der Waals surface area contributed by atoms with Crippen LogP contribution in [0, 0.1) is 17.0 Å². The van der Waals surface area contributed by atoms with E-state index in [1.807, 2.05) is 60.3 Å². The van der Waals surface area contributed by atoms with Gasteiger partial charge >= 0.3 is 0 Å². The molecule has 0 spiro atoms. The smallest absolute Gasteiger partial charge is 0.269 e. The first-order chi connectivity index (χ1) is 12.5. The molecule has 0 bridgehead atoms. The normalized spacial score (nSPS) is 10.1. The summed E-state index contributed by atoms with van der Waals surface area (Å²) in [6, 6.07) is 18.0. The summed E-state index contributed by atoms with van der Waals surface area (Å²) in [5, 5.41) is 10.7. The Balaban J connectivity index is 0.00000261. The van der Waals surface area contributed by atoms with Gasteiger partial charge in [0, 0.05) is 29.8 Å². The highest BCUT2D eigenvalue weighted by Crippen LogP contribution is 2.14. The summed E-state index contributed by atoms with van der Waals surface area (Å²) in [6.45, 7) is 2.29. The summed E-state index contributed by atoms with van der Waals surface area (Å²) in [5.41, 5.74) is 4.01. The molecule has 2 aromatic carbocycles. The lowest BCUT2D eigenvalue weighted by molar-refractivity contribution is -0.683. The predicted molar refractivity (Wildman–Crippen MR) is 98.0 cm³/mol. The number of non-ortho nitro benzene ring substituents is 1. The van der Waals surface area contributed by atoms with Gasteiger partial charge in [-0.2, -0.15) is 4.57 Å². The van der Waals surface area contributed by atoms with Crippen molar-refractivity contribution in [3.05, 3.63) is 105 Å². The fourth-order valence-corrected chi connectivity index (χ4v) is 2.68. The van der Waals surface area contributed by atoms with Crippen molar-refractivity contribution in [2.75, 3.05) is 0 Å². The Hall–Kier alpha value is -2.86. The summed E-state index contributed by atoms with van der Waals surface area (Å²) in [7, 11) is 0. The number of halogens is 1. The van der Waals surface area contributed by atoms with Crippen LogP contribution in [-0.4, -0.2) is 10.7 Å². The molecule has 6 heteroatoms. The number of aromatic nitrogens is 1. The van der Waals surface area contributed by atoms with Crippen LogP contribution in [0.25, 0.3) is 0 Å². The first kappa shape index (κ1) is 20.5. The average molecular weight is 427 g/mol. The Morgan fingerprint density at radius 2 is 1.48 bits per heavy atom. The van der Waals surface area contributed by atoms with Crippen LogP contribution in [0.4, 0.5) is 5.69 Å². The molecule has 1 heterocycles. The molecule has 0 N–H and O–H groups in total. The van der Waals surface area contributed by atoms with Crippen molar-refractivity contribution in [3.63, 3.8) is 0 Å². The van der Waals surface area contributed by atoms with Gasteiger partial charge in [-0.1, -0.05) is 42.0 Å². The molecule has 0 aliphatic rings. The van der Waals surface area contributed by atoms with Crippen LogP contribution in [-0.2, 0) is 13.0 Å². The number of nitro groups is 1. The van der Waals surface area contributed by atoms with Crippen molar-refractivity contribution >= 4 is 11.5 Å². The number of carbonyl (C=O) groups excluding carboxylic acids is 1. The second-order valence-corrected chi connectivity index (χ2v) is 6.27. The summed E-state index contributed by atoms with van der Waals surface area (Å²) in [6.07, 6.45) is 4.45. The topological polar surface area (TPSA) is 64.1 Å². The number of benzene rings is 2. The minimum Gasteiger partial charge on any atom is -1.00 e. The number of ketones is 1. The van der Waals surface area contributed by atoms with E-state index in [0.29, 0.717) is 18.5 Å². The van der Waals surface area contributed by atoms with Gasteiger partial charge in [-0.25, -0.2) is 0 Å². The van der Waals surface area contributed by atoms with E-state index in [1.165, 1.54) is 12.1 Å². The molecule has 0 saturated carbocycles. The SMILES string of the molecule is Cc1ccc(C(=O)C[n+]2ccc(Cc3ccc([N+](=O)[O-])cc3)cc2)cc1.[Br-]. The molecule has 0 radical (unpaired) electrons. The van der Waals surface area contributed by atoms with Crippen molar-refractivity contribution in [2.24, 2.45) is 0 Å². The third-order valence-corrected chi connectivity index (χ3v) is 4.22. The average Bonchev–Trinajstić information content (AvgIpc) is 2.64. The van der Waals surface area contributed by atoms with Crippen LogP contribution in [0.3, 0.4) is 0 Å². The second-order valence-electron chi connectivity index (χ2n) is 6.27. The van der Waals surface area contributed by atoms with E-state index < -0.39 is 4.92 Å². The number of Topliss-reactive ketones (excluding diaryl/α,β-unsaturated/α-hetero) is 1. The summed E-state index contributed by atoms with van der Waals surface area (Å²) in [5.74, 6) is 0.0677. The molecule has 0 unspecified atom stereocenters. The van der Waals surface area contributed by atoms with Gasteiger partial charge in [0.15, 0.2) is 12.4 Å². The van der Waals surface area contributed by atoms with Crippen molar-refractivity contribution < 1.29 is 31.3 Å². The van der Waals surface area contributed by atoms with Gasteiger partial charge in [0.25, 0.3) is 5.69 Å². The highest BCUT2D eigenvalue weighted by molar-refractivity contribution is 5.95. The van der Waals surface area contributed by atoms with Crippen LogP contribution < -0.4 is 21.5 Å². The Morgan fingerprint density at radius 1 is 0.926 bits per heavy atom. The number of nitrogens with zero attached hydrogens (tertiary/aromatic N) is 2. The zero-order chi connectivity index (χ0) is 18.5. The molecule has 3 rings (SSSR count). The second kappa shape index (κ2) is 9.19. The lowest BCUT2D eigenvalue weighted by Crippen LogP contribution is -3.00. The third-order valence-electron chi connectivity index (χ3n) is 4.22. The van der Waals surface area contributed by atoms with Gasteiger partial charge in [-0.3, -0.25) is 14.9 Å². The van der Waals surface area contributed by atoms with E-state index in [0.717, 1.165) is 16.7 Å². The Bertz CT molecular complexity index is 921. The molecule has 0 saturated heterocycles. The van der Waals surface area contributed by atoms with E-state index >= 15 is 0 Å². The van der Waals surface area contributed by atoms with Gasteiger partial charge in [-0.15, -0.1) is 0 Å². The molecule has 27 heavy (non-hydrogen) atoms. The first-order valence-corrected chi connectivity index (χ1v) is 8.32. The number of nitro benzene ring substituents is 1. The molecule has 0 fully saturated rings. The number of hydrogen-bond acceptors (Lipinski definition) is 3. The van der Waals surface area contributed by atoms with Gasteiger partial charge in [-0.05, 0) is 24.5 Å². The van der Waals surface area contributed by atoms with Crippen molar-refractivity contribution in [3.8, 4) is 0 Å². The van der Waals surface area contributed by atoms with Crippen molar-refractivity contribution in [1.82, 2.24) is 0 Å². The van der Waals surface area contributed by atoms with E-state index in [1.54, 1.807) is 12.1 Å². The van der Waals surface area contributed by atoms with Crippen molar-refractivity contribution in [2.45, 2.75) is 19.9 Å². The molecule has 1 aromatic heterocycles. The Morgan fingerprint density at radius 3 is 2.04 bits per heavy atom. The highest BCUT2D eigenvalue weighted by atomic mass is 79.9. The number of hydrogen-bond donors (Lipinski definition) is 0. The zero-order valence-corrected chi connectivity index (χ0v) is 16.4. The molecule has 138 valence electrons. The van der Waals surface area contributed by atoms with Crippen LogP contribution in [0.15, 0.2) is 73.1 Å². The maximum Gasteiger partial charge on any atom is 0.269 e. The lowest BCUT2D eigenvalue weighted by atomic mass is 10.1. The third kappa shape index (κ3) is 5.56. The minimum atomic E-state index is -0.403. The zero-order valence-electron chi connectivity index (χ0n) is 14.8. The summed E-state index contributed by atoms with van der Waals surface area (Å²) >= 11 is 0. The van der Waals surface area contributed by atoms with Crippen LogP contribution >= 0.6 is 0 Å². The standard InChI is InChI=1S/C21H19N2O3.BrH/c1-16-2-6-19(7-3-16)21(24)15-22-12-10-18(11-13-22)14-17-4-8-20(9-5-17)23(25)26;/h2-13H,14-15H2,1H3;1H/q+1;/p-1. The maximum atomic E-state index is 12.3. The number of pyridine rings is 1. The highest BCUT2D eigenvalue weighted by Gasteiger charge is 2.12. The van der Waals surface area contributed by atoms with Crippen molar-refractivity contribution in [1.29, 1.82) is 0 Å². The summed E-state index contributed by atoms with van der Waals surface area (Å²) in [4.78, 5) is 22.6. The van der Waals surface area contributed by atoms with E-state index in [4.69, 9.17) is 0 Å². The maximum absolute atomic E-state index is 12.3. The van der Waals surface area contributed by atoms with E-state index in [9.17, 15) is 14.9 Å². The molecule has 0 amide bonds. The van der Waals surface area contributed by atoms with Gasteiger partial charge in [0.05, 0.1) is 4.92 Å². The molecular weight excluding hydrogens is 408 g/mol. The van der Waals surface area contributed by atoms with Crippen LogP contribution in [0.2, 0.25) is 0 Å². The van der Waals surface area contributed by atoms with E-state index in [2.05, 4.69) is 0 Å². The van der Waals surface area contributed by atoms with Gasteiger partial charge in [0.2, 0.25) is 12.3 Å². The first-order valence-electron chi connectivity index (χ1n) is 8.32. The summed E-state index contributed by atoms with van der Waals surface area (Å²) < 4.78 is 1.85. The molecular formula is C21H19BrN2O3. The number of carbonyl (C=O) groups is 1. The Kier molecular flexibility index (Phi) is 6.96. The Labute approximate surface area is 168 Å². The molecule has 0 aliphatic carbocycles. The molecule has 0 atom stereocenters. The largest absolute Gasteiger partial charge is 1.00 e. The van der Waals surface area contributed by atoms with Crippen LogP contribution in [0.5, 0.6) is 0 Å². The molecule has 5 nitrogen and oxygen atoms in total. The number of rotatable bonds is 6. The quantitative estimate of drug-likeness (QED) is 0.252. The monoisotopic (exact) mass is 426 g/mol.